The molecule has 0 saturated heterocycles. The van der Waals surface area contributed by atoms with Gasteiger partial charge in [-0.1, -0.05) is 11.6 Å². The molecule has 1 N–H and O–H groups in total. The summed E-state index contributed by atoms with van der Waals surface area (Å²) in [5.41, 5.74) is 2.03. The van der Waals surface area contributed by atoms with Gasteiger partial charge in [-0.05, 0) is 30.0 Å². The molecule has 1 atom stereocenters. The SMILES string of the molecule is O=C(O)C1Cc2cnc(Cl)cc2C1. The number of carboxylic acid groups (broad SMARTS) is 1. The number of rotatable bonds is 1. The van der Waals surface area contributed by atoms with Crippen LogP contribution in [0.3, 0.4) is 0 Å². The van der Waals surface area contributed by atoms with Crippen LogP contribution >= 0.6 is 11.6 Å². The summed E-state index contributed by atoms with van der Waals surface area (Å²) >= 11 is 5.69. The number of fused-ring (bicyclic) bond motifs is 1. The summed E-state index contributed by atoms with van der Waals surface area (Å²) in [5, 5.41) is 9.24. The van der Waals surface area contributed by atoms with Crippen molar-refractivity contribution in [1.29, 1.82) is 0 Å². The molecule has 1 aromatic rings. The lowest BCUT2D eigenvalue weighted by Gasteiger charge is -1.98. The fraction of sp³-hybridized carbons (Fsp3) is 0.333. The Morgan fingerprint density at radius 3 is 2.92 bits per heavy atom. The number of carbonyl (C=O) groups is 1. The summed E-state index contributed by atoms with van der Waals surface area (Å²) in [5.74, 6) is -1.04. The number of nitrogens with zero attached hydrogens (tertiary/aromatic N) is 1. The summed E-state index contributed by atoms with van der Waals surface area (Å²) in [7, 11) is 0. The van der Waals surface area contributed by atoms with Gasteiger partial charge in [0.15, 0.2) is 0 Å². The van der Waals surface area contributed by atoms with Gasteiger partial charge in [0.2, 0.25) is 0 Å². The normalized spacial score (nSPS) is 19.9. The van der Waals surface area contributed by atoms with Crippen molar-refractivity contribution in [2.45, 2.75) is 12.8 Å². The van der Waals surface area contributed by atoms with Crippen molar-refractivity contribution in [3.63, 3.8) is 0 Å². The Hall–Kier alpha value is -1.09. The zero-order valence-corrected chi connectivity index (χ0v) is 7.58. The highest BCUT2D eigenvalue weighted by molar-refractivity contribution is 6.29. The van der Waals surface area contributed by atoms with Crippen LogP contribution < -0.4 is 0 Å². The molecule has 1 aromatic heterocycles. The molecule has 1 aliphatic carbocycles. The summed E-state index contributed by atoms with van der Waals surface area (Å²) in [6.45, 7) is 0. The van der Waals surface area contributed by atoms with Gasteiger partial charge in [0.1, 0.15) is 5.15 Å². The summed E-state index contributed by atoms with van der Waals surface area (Å²) in [6.07, 6.45) is 2.82. The van der Waals surface area contributed by atoms with Crippen molar-refractivity contribution in [3.05, 3.63) is 28.5 Å². The molecule has 0 spiro atoms. The van der Waals surface area contributed by atoms with E-state index in [-0.39, 0.29) is 5.92 Å². The smallest absolute Gasteiger partial charge is 0.307 e. The van der Waals surface area contributed by atoms with Gasteiger partial charge in [-0.3, -0.25) is 4.79 Å². The lowest BCUT2D eigenvalue weighted by atomic mass is 10.1. The molecule has 0 aromatic carbocycles. The standard InChI is InChI=1S/C9H8ClNO2/c10-8-3-5-1-6(9(12)13)2-7(5)4-11-8/h3-4,6H,1-2H2,(H,12,13). The summed E-state index contributed by atoms with van der Waals surface area (Å²) in [4.78, 5) is 14.6. The molecule has 1 aliphatic rings. The molecule has 13 heavy (non-hydrogen) atoms. The van der Waals surface area contributed by atoms with Crippen LogP contribution in [0.15, 0.2) is 12.3 Å². The minimum absolute atomic E-state index is 0.296. The number of hydrogen-bond donors (Lipinski definition) is 1. The van der Waals surface area contributed by atoms with Gasteiger partial charge in [0.05, 0.1) is 5.92 Å². The first kappa shape index (κ1) is 8.51. The van der Waals surface area contributed by atoms with E-state index in [1.807, 2.05) is 0 Å². The topological polar surface area (TPSA) is 50.2 Å². The Balaban J connectivity index is 2.30. The van der Waals surface area contributed by atoms with Crippen LogP contribution in [-0.2, 0) is 17.6 Å². The zero-order valence-electron chi connectivity index (χ0n) is 6.83. The van der Waals surface area contributed by atoms with Gasteiger partial charge in [-0.15, -0.1) is 0 Å². The lowest BCUT2D eigenvalue weighted by molar-refractivity contribution is -0.141. The minimum Gasteiger partial charge on any atom is -0.481 e. The van der Waals surface area contributed by atoms with Gasteiger partial charge in [0.25, 0.3) is 0 Å². The molecular weight excluding hydrogens is 190 g/mol. The van der Waals surface area contributed by atoms with Crippen LogP contribution in [0.5, 0.6) is 0 Å². The molecular formula is C9H8ClNO2. The molecule has 0 bridgehead atoms. The third-order valence-electron chi connectivity index (χ3n) is 2.33. The number of halogens is 1. The number of pyridine rings is 1. The second-order valence-corrected chi connectivity index (χ2v) is 3.61. The molecule has 0 amide bonds. The Bertz CT molecular complexity index is 365. The van der Waals surface area contributed by atoms with Gasteiger partial charge in [-0.25, -0.2) is 4.98 Å². The van der Waals surface area contributed by atoms with Crippen LogP contribution in [0.4, 0.5) is 0 Å². The van der Waals surface area contributed by atoms with Gasteiger partial charge in [-0.2, -0.15) is 0 Å². The van der Waals surface area contributed by atoms with Crippen molar-refractivity contribution >= 4 is 17.6 Å². The van der Waals surface area contributed by atoms with Crippen LogP contribution in [0, 0.1) is 5.92 Å². The van der Waals surface area contributed by atoms with E-state index in [0.717, 1.165) is 11.1 Å². The number of carboxylic acids is 1. The summed E-state index contributed by atoms with van der Waals surface area (Å²) < 4.78 is 0. The van der Waals surface area contributed by atoms with Crippen molar-refractivity contribution in [2.75, 3.05) is 0 Å². The lowest BCUT2D eigenvalue weighted by Crippen LogP contribution is -2.12. The second kappa shape index (κ2) is 3.00. The third kappa shape index (κ3) is 1.52. The first-order valence-corrected chi connectivity index (χ1v) is 4.40. The van der Waals surface area contributed by atoms with Crippen molar-refractivity contribution in [3.8, 4) is 0 Å². The maximum atomic E-state index is 10.7. The Kier molecular flexibility index (Phi) is 1.96. The maximum Gasteiger partial charge on any atom is 0.307 e. The van der Waals surface area contributed by atoms with Crippen molar-refractivity contribution < 1.29 is 9.90 Å². The Labute approximate surface area is 80.4 Å². The van der Waals surface area contributed by atoms with Crippen LogP contribution in [0.25, 0.3) is 0 Å². The molecule has 4 heteroatoms. The Morgan fingerprint density at radius 1 is 1.54 bits per heavy atom. The van der Waals surface area contributed by atoms with E-state index < -0.39 is 5.97 Å². The molecule has 68 valence electrons. The monoisotopic (exact) mass is 197 g/mol. The van der Waals surface area contributed by atoms with E-state index in [2.05, 4.69) is 4.98 Å². The predicted octanol–water partition coefficient (Wildman–Crippen LogP) is 1.53. The second-order valence-electron chi connectivity index (χ2n) is 3.22. The first-order chi connectivity index (χ1) is 6.16. The number of aliphatic carboxylic acids is 1. The van der Waals surface area contributed by atoms with E-state index >= 15 is 0 Å². The van der Waals surface area contributed by atoms with Crippen molar-refractivity contribution in [2.24, 2.45) is 5.92 Å². The number of hydrogen-bond acceptors (Lipinski definition) is 2. The minimum atomic E-state index is -0.743. The number of aromatic nitrogens is 1. The first-order valence-electron chi connectivity index (χ1n) is 4.03. The zero-order chi connectivity index (χ0) is 9.42. The van der Waals surface area contributed by atoms with Crippen LogP contribution in [-0.4, -0.2) is 16.1 Å². The van der Waals surface area contributed by atoms with E-state index in [1.165, 1.54) is 0 Å². The highest BCUT2D eigenvalue weighted by Crippen LogP contribution is 2.27. The van der Waals surface area contributed by atoms with E-state index in [4.69, 9.17) is 16.7 Å². The molecule has 0 saturated carbocycles. The largest absolute Gasteiger partial charge is 0.481 e. The van der Waals surface area contributed by atoms with Gasteiger partial charge in [0, 0.05) is 6.20 Å². The fourth-order valence-electron chi connectivity index (χ4n) is 1.65. The third-order valence-corrected chi connectivity index (χ3v) is 2.54. The molecule has 2 rings (SSSR count). The predicted molar refractivity (Wildman–Crippen MR) is 47.8 cm³/mol. The summed E-state index contributed by atoms with van der Waals surface area (Å²) in [6, 6.07) is 1.75. The van der Waals surface area contributed by atoms with Crippen LogP contribution in [0.1, 0.15) is 11.1 Å². The van der Waals surface area contributed by atoms with E-state index in [1.54, 1.807) is 12.3 Å². The molecule has 3 nitrogen and oxygen atoms in total. The average Bonchev–Trinajstić information content (AvgIpc) is 2.46. The molecule has 1 heterocycles. The molecule has 0 aliphatic heterocycles. The maximum absolute atomic E-state index is 10.7. The average molecular weight is 198 g/mol. The highest BCUT2D eigenvalue weighted by Gasteiger charge is 2.27. The molecule has 1 unspecified atom stereocenters. The molecule has 0 fully saturated rings. The van der Waals surface area contributed by atoms with E-state index in [9.17, 15) is 4.79 Å². The van der Waals surface area contributed by atoms with Gasteiger partial charge < -0.3 is 5.11 Å². The molecule has 0 radical (unpaired) electrons. The van der Waals surface area contributed by atoms with Crippen molar-refractivity contribution in [1.82, 2.24) is 4.98 Å². The quantitative estimate of drug-likeness (QED) is 0.695. The highest BCUT2D eigenvalue weighted by atomic mass is 35.5. The van der Waals surface area contributed by atoms with Gasteiger partial charge >= 0.3 is 5.97 Å². The van der Waals surface area contributed by atoms with E-state index in [0.29, 0.717) is 18.0 Å². The van der Waals surface area contributed by atoms with Crippen LogP contribution in [0.2, 0.25) is 5.15 Å². The fourth-order valence-corrected chi connectivity index (χ4v) is 1.83. The Morgan fingerprint density at radius 2 is 2.23 bits per heavy atom.